The van der Waals surface area contributed by atoms with Crippen molar-refractivity contribution in [1.82, 2.24) is 0 Å². The molecule has 0 bridgehead atoms. The van der Waals surface area contributed by atoms with Crippen LogP contribution in [0.3, 0.4) is 0 Å². The van der Waals surface area contributed by atoms with Gasteiger partial charge in [-0.3, -0.25) is 9.59 Å². The Morgan fingerprint density at radius 3 is 2.49 bits per heavy atom. The first-order valence-electron chi connectivity index (χ1n) is 13.0. The SMILES string of the molecule is COCc1cc2cc(COc3cc(C(N)=O)ccc3CC(=O)OC(C)COC)cc(-c3cccc(CN)c3F)c2o1. The van der Waals surface area contributed by atoms with Crippen LogP contribution in [0.2, 0.25) is 0 Å². The quantitative estimate of drug-likeness (QED) is 0.224. The van der Waals surface area contributed by atoms with Gasteiger partial charge in [-0.1, -0.05) is 24.3 Å². The second kappa shape index (κ2) is 13.4. The second-order valence-corrected chi connectivity index (χ2v) is 9.60. The Kier molecular flexibility index (Phi) is 9.72. The number of primary amides is 1. The summed E-state index contributed by atoms with van der Waals surface area (Å²) in [5.41, 5.74) is 14.4. The van der Waals surface area contributed by atoms with Crippen molar-refractivity contribution in [2.24, 2.45) is 11.5 Å². The molecule has 4 rings (SSSR count). The predicted molar refractivity (Wildman–Crippen MR) is 151 cm³/mol. The highest BCUT2D eigenvalue weighted by molar-refractivity contribution is 5.94. The molecule has 0 fully saturated rings. The van der Waals surface area contributed by atoms with Crippen molar-refractivity contribution in [3.63, 3.8) is 0 Å². The third-order valence-corrected chi connectivity index (χ3v) is 6.42. The summed E-state index contributed by atoms with van der Waals surface area (Å²) in [6, 6.07) is 15.1. The molecule has 0 radical (unpaired) electrons. The summed E-state index contributed by atoms with van der Waals surface area (Å²) in [6.07, 6.45) is -0.519. The lowest BCUT2D eigenvalue weighted by Gasteiger charge is -2.15. The lowest BCUT2D eigenvalue weighted by Crippen LogP contribution is -2.21. The molecular formula is C31H33FN2O7. The Labute approximate surface area is 237 Å². The van der Waals surface area contributed by atoms with Crippen molar-refractivity contribution in [3.8, 4) is 16.9 Å². The van der Waals surface area contributed by atoms with E-state index in [1.807, 2.05) is 12.1 Å². The molecule has 0 aliphatic carbocycles. The molecule has 4 aromatic rings. The molecule has 1 aromatic heterocycles. The molecule has 3 aromatic carbocycles. The van der Waals surface area contributed by atoms with E-state index < -0.39 is 23.8 Å². The first-order valence-corrected chi connectivity index (χ1v) is 13.0. The van der Waals surface area contributed by atoms with Crippen LogP contribution in [0.4, 0.5) is 4.39 Å². The number of carbonyl (C=O) groups is 2. The topological polar surface area (TPSA) is 136 Å². The number of fused-ring (bicyclic) bond motifs is 1. The highest BCUT2D eigenvalue weighted by Crippen LogP contribution is 2.35. The number of furan rings is 1. The van der Waals surface area contributed by atoms with Gasteiger partial charge in [-0.25, -0.2) is 4.39 Å². The second-order valence-electron chi connectivity index (χ2n) is 9.60. The summed E-state index contributed by atoms with van der Waals surface area (Å²) in [5.74, 6) is -0.676. The Balaban J connectivity index is 1.69. The van der Waals surface area contributed by atoms with E-state index in [1.54, 1.807) is 44.4 Å². The van der Waals surface area contributed by atoms with Crippen molar-refractivity contribution in [2.75, 3.05) is 20.8 Å². The van der Waals surface area contributed by atoms with Crippen LogP contribution in [-0.4, -0.2) is 38.8 Å². The lowest BCUT2D eigenvalue weighted by atomic mass is 9.98. The van der Waals surface area contributed by atoms with Crippen LogP contribution in [-0.2, 0) is 45.2 Å². The zero-order valence-corrected chi connectivity index (χ0v) is 23.2. The zero-order chi connectivity index (χ0) is 29.5. The molecule has 0 spiro atoms. The van der Waals surface area contributed by atoms with Gasteiger partial charge in [0.1, 0.15) is 42.2 Å². The van der Waals surface area contributed by atoms with Crippen molar-refractivity contribution in [1.29, 1.82) is 0 Å². The molecule has 41 heavy (non-hydrogen) atoms. The summed E-state index contributed by atoms with van der Waals surface area (Å²) in [4.78, 5) is 24.4. The van der Waals surface area contributed by atoms with Gasteiger partial charge in [0.15, 0.2) is 0 Å². The Hall–Kier alpha value is -4.25. The van der Waals surface area contributed by atoms with E-state index in [-0.39, 0.29) is 38.3 Å². The number of esters is 1. The molecule has 1 amide bonds. The smallest absolute Gasteiger partial charge is 0.310 e. The van der Waals surface area contributed by atoms with Gasteiger partial charge in [-0.05, 0) is 42.8 Å². The molecule has 0 aliphatic heterocycles. The van der Waals surface area contributed by atoms with Crippen molar-refractivity contribution in [2.45, 2.75) is 39.2 Å². The maximum absolute atomic E-state index is 15.4. The first kappa shape index (κ1) is 29.7. The molecule has 10 heteroatoms. The van der Waals surface area contributed by atoms with Crippen LogP contribution < -0.4 is 16.2 Å². The Morgan fingerprint density at radius 2 is 1.78 bits per heavy atom. The van der Waals surface area contributed by atoms with Gasteiger partial charge in [0.2, 0.25) is 5.91 Å². The number of ether oxygens (including phenoxy) is 4. The maximum Gasteiger partial charge on any atom is 0.310 e. The number of hydrogen-bond donors (Lipinski definition) is 2. The molecule has 0 aliphatic rings. The van der Waals surface area contributed by atoms with Gasteiger partial charge in [-0.15, -0.1) is 0 Å². The number of benzene rings is 3. The van der Waals surface area contributed by atoms with Crippen molar-refractivity contribution >= 4 is 22.8 Å². The molecule has 0 saturated carbocycles. The minimum Gasteiger partial charge on any atom is -0.489 e. The van der Waals surface area contributed by atoms with Crippen molar-refractivity contribution < 1.29 is 37.3 Å². The number of hydrogen-bond acceptors (Lipinski definition) is 8. The average molecular weight is 565 g/mol. The van der Waals surface area contributed by atoms with Crippen LogP contribution in [0.25, 0.3) is 22.1 Å². The van der Waals surface area contributed by atoms with Gasteiger partial charge in [0.25, 0.3) is 0 Å². The molecule has 0 saturated heterocycles. The normalized spacial score (nSPS) is 11.9. The van der Waals surface area contributed by atoms with Crippen molar-refractivity contribution in [3.05, 3.63) is 88.4 Å². The highest BCUT2D eigenvalue weighted by Gasteiger charge is 2.19. The number of rotatable bonds is 13. The third-order valence-electron chi connectivity index (χ3n) is 6.42. The number of methoxy groups -OCH3 is 2. The minimum atomic E-state index is -0.638. The predicted octanol–water partition coefficient (Wildman–Crippen LogP) is 4.64. The van der Waals surface area contributed by atoms with E-state index >= 15 is 4.39 Å². The van der Waals surface area contributed by atoms with Gasteiger partial charge in [0.05, 0.1) is 13.0 Å². The standard InChI is InChI=1S/C31H33FN2O7/c1-18(15-37-2)40-28(35)13-20-7-8-21(31(34)36)12-27(20)39-16-19-9-23-11-24(17-38-3)41-30(23)26(10-19)25-6-4-5-22(14-33)29(25)32/h4-12,18H,13-17,33H2,1-3H3,(H2,34,36). The molecule has 1 unspecified atom stereocenters. The highest BCUT2D eigenvalue weighted by atomic mass is 19.1. The summed E-state index contributed by atoms with van der Waals surface area (Å²) < 4.78 is 43.1. The molecule has 1 heterocycles. The number of nitrogens with two attached hydrogens (primary N) is 2. The van der Waals surface area contributed by atoms with E-state index in [2.05, 4.69) is 0 Å². The molecular weight excluding hydrogens is 531 g/mol. The lowest BCUT2D eigenvalue weighted by molar-refractivity contribution is -0.149. The average Bonchev–Trinajstić information content (AvgIpc) is 3.35. The van der Waals surface area contributed by atoms with Crippen LogP contribution in [0.1, 0.15) is 39.7 Å². The monoisotopic (exact) mass is 564 g/mol. The molecule has 4 N–H and O–H groups in total. The van der Waals surface area contributed by atoms with Gasteiger partial charge in [-0.2, -0.15) is 0 Å². The zero-order valence-electron chi connectivity index (χ0n) is 23.2. The molecule has 9 nitrogen and oxygen atoms in total. The van der Waals surface area contributed by atoms with Crippen LogP contribution >= 0.6 is 0 Å². The van der Waals surface area contributed by atoms with E-state index in [4.69, 9.17) is 34.8 Å². The molecule has 1 atom stereocenters. The first-order chi connectivity index (χ1) is 19.7. The Bertz CT molecular complexity index is 1550. The minimum absolute atomic E-state index is 0.0380. The van der Waals surface area contributed by atoms with Gasteiger partial charge < -0.3 is 34.8 Å². The van der Waals surface area contributed by atoms with Crippen LogP contribution in [0.15, 0.2) is 59.0 Å². The van der Waals surface area contributed by atoms with E-state index in [9.17, 15) is 9.59 Å². The number of amides is 1. The largest absolute Gasteiger partial charge is 0.489 e. The molecule has 216 valence electrons. The van der Waals surface area contributed by atoms with Gasteiger partial charge >= 0.3 is 5.97 Å². The summed E-state index contributed by atoms with van der Waals surface area (Å²) in [6.45, 7) is 2.31. The maximum atomic E-state index is 15.4. The fraction of sp³-hybridized carbons (Fsp3) is 0.290. The fourth-order valence-electron chi connectivity index (χ4n) is 4.55. The van der Waals surface area contributed by atoms with E-state index in [0.717, 1.165) is 5.39 Å². The Morgan fingerprint density at radius 1 is 0.976 bits per heavy atom. The summed E-state index contributed by atoms with van der Waals surface area (Å²) in [7, 11) is 3.08. The van der Waals surface area contributed by atoms with Gasteiger partial charge in [0, 0.05) is 54.0 Å². The number of carbonyl (C=O) groups excluding carboxylic acids is 2. The van der Waals surface area contributed by atoms with Crippen LogP contribution in [0, 0.1) is 5.82 Å². The van der Waals surface area contributed by atoms with E-state index in [0.29, 0.717) is 44.9 Å². The summed E-state index contributed by atoms with van der Waals surface area (Å²) in [5, 5.41) is 0.729. The fourth-order valence-corrected chi connectivity index (χ4v) is 4.55. The van der Waals surface area contributed by atoms with E-state index in [1.165, 1.54) is 19.2 Å². The summed E-state index contributed by atoms with van der Waals surface area (Å²) >= 11 is 0. The number of halogens is 1. The third kappa shape index (κ3) is 7.10. The van der Waals surface area contributed by atoms with Crippen LogP contribution in [0.5, 0.6) is 5.75 Å².